The number of rotatable bonds is 9. The summed E-state index contributed by atoms with van der Waals surface area (Å²) in [7, 11) is 0. The van der Waals surface area contributed by atoms with Gasteiger partial charge < -0.3 is 14.8 Å². The van der Waals surface area contributed by atoms with Crippen molar-refractivity contribution >= 4 is 0 Å². The van der Waals surface area contributed by atoms with Gasteiger partial charge in [-0.15, -0.1) is 0 Å². The van der Waals surface area contributed by atoms with E-state index in [0.717, 1.165) is 25.3 Å². The van der Waals surface area contributed by atoms with Gasteiger partial charge in [0.25, 0.3) is 0 Å². The molecular formula is C15H25NO2. The summed E-state index contributed by atoms with van der Waals surface area (Å²) < 4.78 is 11.3. The molecule has 1 aromatic carbocycles. The molecule has 0 amide bonds. The second-order valence-electron chi connectivity index (χ2n) is 4.16. The predicted octanol–water partition coefficient (Wildman–Crippen LogP) is 3.16. The van der Waals surface area contributed by atoms with Gasteiger partial charge in [-0.25, -0.2) is 0 Å². The normalized spacial score (nSPS) is 12.4. The smallest absolute Gasteiger partial charge is 0.124 e. The number of para-hydroxylation sites is 1. The summed E-state index contributed by atoms with van der Waals surface area (Å²) in [6, 6.07) is 8.37. The van der Waals surface area contributed by atoms with Crippen molar-refractivity contribution in [2.75, 3.05) is 26.4 Å². The molecule has 0 aliphatic heterocycles. The first kappa shape index (κ1) is 15.0. The number of likely N-dealkylation sites (N-methyl/N-ethyl adjacent to an activating group) is 1. The third-order valence-electron chi connectivity index (χ3n) is 2.68. The highest BCUT2D eigenvalue weighted by atomic mass is 16.5. The van der Waals surface area contributed by atoms with E-state index in [9.17, 15) is 0 Å². The first-order valence-electron chi connectivity index (χ1n) is 6.86. The van der Waals surface area contributed by atoms with Crippen LogP contribution in [0.15, 0.2) is 24.3 Å². The van der Waals surface area contributed by atoms with Gasteiger partial charge in [0.15, 0.2) is 0 Å². The van der Waals surface area contributed by atoms with Crippen LogP contribution in [0, 0.1) is 0 Å². The molecule has 0 saturated heterocycles. The van der Waals surface area contributed by atoms with E-state index in [-0.39, 0.29) is 6.04 Å². The lowest BCUT2D eigenvalue weighted by Crippen LogP contribution is -2.26. The van der Waals surface area contributed by atoms with Crippen molar-refractivity contribution in [3.05, 3.63) is 29.8 Å². The van der Waals surface area contributed by atoms with Gasteiger partial charge in [-0.1, -0.05) is 32.0 Å². The summed E-state index contributed by atoms with van der Waals surface area (Å²) in [5, 5.41) is 3.45. The predicted molar refractivity (Wildman–Crippen MR) is 75.1 cm³/mol. The Hall–Kier alpha value is -1.06. The number of nitrogens with one attached hydrogen (secondary N) is 1. The molecule has 102 valence electrons. The van der Waals surface area contributed by atoms with Crippen molar-refractivity contribution < 1.29 is 9.47 Å². The topological polar surface area (TPSA) is 30.5 Å². The fourth-order valence-corrected chi connectivity index (χ4v) is 1.91. The van der Waals surface area contributed by atoms with Crippen LogP contribution in [0.2, 0.25) is 0 Å². The minimum atomic E-state index is 0.198. The van der Waals surface area contributed by atoms with E-state index in [2.05, 4.69) is 25.2 Å². The minimum absolute atomic E-state index is 0.198. The summed E-state index contributed by atoms with van der Waals surface area (Å²) in [4.78, 5) is 0. The Kier molecular flexibility index (Phi) is 7.46. The molecule has 0 bridgehead atoms. The quantitative estimate of drug-likeness (QED) is 0.684. The van der Waals surface area contributed by atoms with Crippen molar-refractivity contribution in [1.82, 2.24) is 5.32 Å². The van der Waals surface area contributed by atoms with Crippen molar-refractivity contribution in [2.45, 2.75) is 33.2 Å². The van der Waals surface area contributed by atoms with Crippen LogP contribution in [0.25, 0.3) is 0 Å². The zero-order valence-corrected chi connectivity index (χ0v) is 11.7. The molecule has 3 heteroatoms. The highest BCUT2D eigenvalue weighted by molar-refractivity contribution is 5.36. The van der Waals surface area contributed by atoms with Crippen LogP contribution in [-0.4, -0.2) is 26.4 Å². The Morgan fingerprint density at radius 3 is 2.61 bits per heavy atom. The van der Waals surface area contributed by atoms with Gasteiger partial charge in [-0.2, -0.15) is 0 Å². The fraction of sp³-hybridized carbons (Fsp3) is 0.600. The summed E-state index contributed by atoms with van der Waals surface area (Å²) in [5.74, 6) is 0.950. The number of hydrogen-bond donors (Lipinski definition) is 1. The van der Waals surface area contributed by atoms with E-state index < -0.39 is 0 Å². The molecule has 1 rings (SSSR count). The number of ether oxygens (including phenoxy) is 2. The van der Waals surface area contributed by atoms with Gasteiger partial charge in [0.2, 0.25) is 0 Å². The van der Waals surface area contributed by atoms with Crippen LogP contribution in [0.3, 0.4) is 0 Å². The van der Waals surface area contributed by atoms with Gasteiger partial charge in [0, 0.05) is 12.2 Å². The second kappa shape index (κ2) is 8.95. The summed E-state index contributed by atoms with van der Waals surface area (Å²) in [6.07, 6.45) is 1.05. The van der Waals surface area contributed by atoms with E-state index in [1.807, 2.05) is 25.1 Å². The molecule has 0 spiro atoms. The molecule has 3 nitrogen and oxygen atoms in total. The van der Waals surface area contributed by atoms with Crippen LogP contribution in [0.1, 0.15) is 38.8 Å². The van der Waals surface area contributed by atoms with Gasteiger partial charge in [-0.05, 0) is 26.0 Å². The Labute approximate surface area is 110 Å². The van der Waals surface area contributed by atoms with Crippen molar-refractivity contribution in [2.24, 2.45) is 0 Å². The summed E-state index contributed by atoms with van der Waals surface area (Å²) in [6.45, 7) is 9.33. The van der Waals surface area contributed by atoms with Crippen LogP contribution in [0.5, 0.6) is 5.75 Å². The van der Waals surface area contributed by atoms with E-state index >= 15 is 0 Å². The Morgan fingerprint density at radius 2 is 1.94 bits per heavy atom. The van der Waals surface area contributed by atoms with Gasteiger partial charge >= 0.3 is 0 Å². The fourth-order valence-electron chi connectivity index (χ4n) is 1.91. The van der Waals surface area contributed by atoms with E-state index in [0.29, 0.717) is 13.2 Å². The van der Waals surface area contributed by atoms with Crippen LogP contribution >= 0.6 is 0 Å². The molecule has 0 aromatic heterocycles. The molecule has 0 aliphatic carbocycles. The van der Waals surface area contributed by atoms with E-state index in [4.69, 9.17) is 9.47 Å². The summed E-state index contributed by atoms with van der Waals surface area (Å²) in [5.41, 5.74) is 1.18. The first-order chi connectivity index (χ1) is 8.83. The maximum absolute atomic E-state index is 5.68. The van der Waals surface area contributed by atoms with Crippen LogP contribution in [0.4, 0.5) is 0 Å². The molecule has 0 radical (unpaired) electrons. The Morgan fingerprint density at radius 1 is 1.17 bits per heavy atom. The molecule has 0 saturated carbocycles. The van der Waals surface area contributed by atoms with Gasteiger partial charge in [0.1, 0.15) is 5.75 Å². The average Bonchev–Trinajstić information content (AvgIpc) is 2.39. The molecule has 1 unspecified atom stereocenters. The lowest BCUT2D eigenvalue weighted by molar-refractivity contribution is 0.111. The summed E-state index contributed by atoms with van der Waals surface area (Å²) >= 11 is 0. The highest BCUT2D eigenvalue weighted by Crippen LogP contribution is 2.25. The third-order valence-corrected chi connectivity index (χ3v) is 2.68. The zero-order chi connectivity index (χ0) is 13.2. The lowest BCUT2D eigenvalue weighted by atomic mass is 10.1. The monoisotopic (exact) mass is 251 g/mol. The number of hydrogen-bond acceptors (Lipinski definition) is 3. The van der Waals surface area contributed by atoms with Crippen molar-refractivity contribution in [3.63, 3.8) is 0 Å². The van der Waals surface area contributed by atoms with Crippen molar-refractivity contribution in [3.8, 4) is 5.75 Å². The minimum Gasteiger partial charge on any atom is -0.494 e. The molecule has 0 fully saturated rings. The van der Waals surface area contributed by atoms with Crippen LogP contribution < -0.4 is 10.1 Å². The highest BCUT2D eigenvalue weighted by Gasteiger charge is 2.14. The molecule has 1 atom stereocenters. The maximum atomic E-state index is 5.68. The first-order valence-corrected chi connectivity index (χ1v) is 6.86. The third kappa shape index (κ3) is 4.67. The standard InChI is InChI=1S/C15H25NO2/c1-4-11-17-12-14(16-5-2)13-9-7-8-10-15(13)18-6-3/h7-10,14,16H,4-6,11-12H2,1-3H3. The SMILES string of the molecule is CCCOCC(NCC)c1ccccc1OCC. The molecular weight excluding hydrogens is 226 g/mol. The van der Waals surface area contributed by atoms with Crippen LogP contribution in [-0.2, 0) is 4.74 Å². The molecule has 1 aromatic rings. The Bertz CT molecular complexity index is 328. The van der Waals surface area contributed by atoms with Gasteiger partial charge in [0.05, 0.1) is 19.3 Å². The maximum Gasteiger partial charge on any atom is 0.124 e. The van der Waals surface area contributed by atoms with Gasteiger partial charge in [-0.3, -0.25) is 0 Å². The van der Waals surface area contributed by atoms with E-state index in [1.54, 1.807) is 0 Å². The second-order valence-corrected chi connectivity index (χ2v) is 4.16. The van der Waals surface area contributed by atoms with Crippen molar-refractivity contribution in [1.29, 1.82) is 0 Å². The number of benzene rings is 1. The zero-order valence-electron chi connectivity index (χ0n) is 11.7. The van der Waals surface area contributed by atoms with E-state index in [1.165, 1.54) is 5.56 Å². The molecule has 1 N–H and O–H groups in total. The molecule has 0 heterocycles. The largest absolute Gasteiger partial charge is 0.494 e. The lowest BCUT2D eigenvalue weighted by Gasteiger charge is -2.21. The Balaban J connectivity index is 2.76. The average molecular weight is 251 g/mol. The molecule has 18 heavy (non-hydrogen) atoms. The molecule has 0 aliphatic rings.